The molecule has 0 aromatic carbocycles. The molecule has 1 amide bonds. The number of hydrogen-bond donors (Lipinski definition) is 3. The molecule has 0 radical (unpaired) electrons. The van der Waals surface area contributed by atoms with Gasteiger partial charge in [-0.05, 0) is 107 Å². The number of amides is 1. The molecule has 2 saturated heterocycles. The number of ether oxygens (including phenoxy) is 5. The van der Waals surface area contributed by atoms with Gasteiger partial charge in [0.25, 0.3) is 11.7 Å². The van der Waals surface area contributed by atoms with E-state index in [0.717, 1.165) is 12.0 Å². The summed E-state index contributed by atoms with van der Waals surface area (Å²) in [4.78, 5) is 71.8. The second-order valence-electron chi connectivity index (χ2n) is 19.6. The largest absolute Gasteiger partial charge is 0.460 e. The number of piperidine rings is 1. The maximum absolute atomic E-state index is 14.4. The Balaban J connectivity index is 1.70. The summed E-state index contributed by atoms with van der Waals surface area (Å²) in [7, 11) is 4.52. The first-order valence-corrected chi connectivity index (χ1v) is 23.9. The van der Waals surface area contributed by atoms with E-state index in [0.29, 0.717) is 63.4 Å². The van der Waals surface area contributed by atoms with Crippen molar-refractivity contribution >= 4 is 29.2 Å². The van der Waals surface area contributed by atoms with Crippen LogP contribution in [0.15, 0.2) is 47.6 Å². The standard InChI is InChI=1S/C51H79NO13/c1-30-16-12-11-13-17-31(2)42(61-8)28-38-21-19-36(7)51(60,65-38)48(57)49(58)52-23-15-14-18-39(52)50(59)64-43(33(4)26-37-20-22-40(53)44(27-37)62-9)29-41(54)32(3)25-35(6)46(56)47(63-10)45(55)34(5)24-30/h11-13,16-17,25,30,32-34,36-40,42-44,46-47,53,56,60H,14-15,18-24,26-29H2,1-10H3/t30-,32-,33-,34-,36?,37+,38+,39+,40-,42+,43+,44-,46-,47?,51-/m1/s1. The van der Waals surface area contributed by atoms with Crippen molar-refractivity contribution in [2.45, 2.75) is 180 Å². The van der Waals surface area contributed by atoms with E-state index in [1.807, 2.05) is 58.1 Å². The fourth-order valence-electron chi connectivity index (χ4n) is 10.1. The summed E-state index contributed by atoms with van der Waals surface area (Å²) in [5.74, 6) is -7.96. The molecule has 4 rings (SSSR count). The van der Waals surface area contributed by atoms with Gasteiger partial charge < -0.3 is 43.9 Å². The van der Waals surface area contributed by atoms with Gasteiger partial charge in [0.1, 0.15) is 30.1 Å². The molecule has 15 atom stereocenters. The Morgan fingerprint density at radius 2 is 1.57 bits per heavy atom. The molecule has 3 N–H and O–H groups in total. The van der Waals surface area contributed by atoms with Crippen molar-refractivity contribution in [1.82, 2.24) is 4.90 Å². The molecule has 14 nitrogen and oxygen atoms in total. The summed E-state index contributed by atoms with van der Waals surface area (Å²) in [6, 6.07) is -1.14. The summed E-state index contributed by atoms with van der Waals surface area (Å²) in [6.45, 7) is 12.7. The van der Waals surface area contributed by atoms with Crippen LogP contribution >= 0.6 is 0 Å². The number of methoxy groups -OCH3 is 3. The van der Waals surface area contributed by atoms with E-state index < -0.39 is 83.9 Å². The highest BCUT2D eigenvalue weighted by Crippen LogP contribution is 2.38. The molecule has 0 aromatic rings. The maximum atomic E-state index is 14.4. The van der Waals surface area contributed by atoms with E-state index in [1.165, 1.54) is 12.0 Å². The number of allylic oxidation sites excluding steroid dienone is 6. The quantitative estimate of drug-likeness (QED) is 0.156. The van der Waals surface area contributed by atoms with Crippen molar-refractivity contribution in [3.63, 3.8) is 0 Å². The molecule has 65 heavy (non-hydrogen) atoms. The third-order valence-corrected chi connectivity index (χ3v) is 14.5. The zero-order valence-electron chi connectivity index (χ0n) is 40.6. The Kier molecular flexibility index (Phi) is 21.0. The van der Waals surface area contributed by atoms with Crippen LogP contribution in [-0.4, -0.2) is 132 Å². The molecule has 0 aromatic heterocycles. The van der Waals surface area contributed by atoms with Crippen LogP contribution in [0.3, 0.4) is 0 Å². The van der Waals surface area contributed by atoms with E-state index in [1.54, 1.807) is 41.1 Å². The lowest BCUT2D eigenvalue weighted by Crippen LogP contribution is -2.61. The molecular weight excluding hydrogens is 835 g/mol. The van der Waals surface area contributed by atoms with Crippen molar-refractivity contribution in [3.05, 3.63) is 47.6 Å². The van der Waals surface area contributed by atoms with Gasteiger partial charge in [-0.1, -0.05) is 71.1 Å². The number of aliphatic hydroxyl groups excluding tert-OH is 2. The smallest absolute Gasteiger partial charge is 0.329 e. The lowest BCUT2D eigenvalue weighted by Gasteiger charge is -2.42. The number of carbonyl (C=O) groups is 5. The lowest BCUT2D eigenvalue weighted by molar-refractivity contribution is -0.265. The maximum Gasteiger partial charge on any atom is 0.329 e. The SMILES string of the molecule is COC1C(=O)[C@H](C)C[C@H](C)C=CC=CC=C(C)[C@@H](OC)C[C@@H]2CCC(C)[C@@](O)(O2)C(=O)C(=O)N2CCCC[C@H]2C(=O)O[C@H]([C@H](C)C[C@@H]2CC[C@@H](O)[C@H](OC)C2)CC(=O)[C@H](C)C=C(C)[C@H]1O. The zero-order chi connectivity index (χ0) is 48.2. The van der Waals surface area contributed by atoms with Gasteiger partial charge in [-0.2, -0.15) is 0 Å². The van der Waals surface area contributed by atoms with Gasteiger partial charge in [-0.3, -0.25) is 19.2 Å². The van der Waals surface area contributed by atoms with Gasteiger partial charge in [-0.25, -0.2) is 4.79 Å². The van der Waals surface area contributed by atoms with Gasteiger partial charge in [0.05, 0.1) is 24.4 Å². The van der Waals surface area contributed by atoms with Crippen LogP contribution < -0.4 is 0 Å². The number of nitrogens with zero attached hydrogens (tertiary/aromatic N) is 1. The topological polar surface area (TPSA) is 195 Å². The number of ketones is 3. The lowest BCUT2D eigenvalue weighted by atomic mass is 9.78. The summed E-state index contributed by atoms with van der Waals surface area (Å²) in [5.41, 5.74) is 1.27. The van der Waals surface area contributed by atoms with Gasteiger partial charge >= 0.3 is 5.97 Å². The van der Waals surface area contributed by atoms with Crippen LogP contribution in [0.2, 0.25) is 0 Å². The van der Waals surface area contributed by atoms with Crippen LogP contribution in [0.4, 0.5) is 0 Å². The first-order valence-electron chi connectivity index (χ1n) is 23.9. The van der Waals surface area contributed by atoms with Crippen LogP contribution in [0.1, 0.15) is 126 Å². The Bertz CT molecular complexity index is 1760. The summed E-state index contributed by atoms with van der Waals surface area (Å²) < 4.78 is 29.4. The molecule has 366 valence electrons. The highest BCUT2D eigenvalue weighted by Gasteiger charge is 2.53. The number of Topliss-reactive ketones (excluding diaryl/α,β-unsaturated/α-hetero) is 3. The highest BCUT2D eigenvalue weighted by atomic mass is 16.6. The van der Waals surface area contributed by atoms with Crippen LogP contribution in [0.25, 0.3) is 0 Å². The van der Waals surface area contributed by atoms with Crippen LogP contribution in [0, 0.1) is 35.5 Å². The molecule has 14 heteroatoms. The number of carbonyl (C=O) groups excluding carboxylic acids is 5. The molecule has 3 heterocycles. The van der Waals surface area contributed by atoms with Crippen molar-refractivity contribution < 1.29 is 63.0 Å². The fraction of sp³-hybridized carbons (Fsp3) is 0.745. The molecule has 2 unspecified atom stereocenters. The van der Waals surface area contributed by atoms with Crippen molar-refractivity contribution in [2.75, 3.05) is 27.9 Å². The van der Waals surface area contributed by atoms with Crippen molar-refractivity contribution in [2.24, 2.45) is 35.5 Å². The van der Waals surface area contributed by atoms with Gasteiger partial charge in [0, 0.05) is 58.5 Å². The Morgan fingerprint density at radius 3 is 2.25 bits per heavy atom. The first-order chi connectivity index (χ1) is 30.7. The van der Waals surface area contributed by atoms with Gasteiger partial charge in [0.2, 0.25) is 5.79 Å². The molecule has 3 aliphatic heterocycles. The van der Waals surface area contributed by atoms with Crippen LogP contribution in [-0.2, 0) is 47.7 Å². The van der Waals surface area contributed by atoms with Gasteiger partial charge in [0.15, 0.2) is 5.78 Å². The minimum Gasteiger partial charge on any atom is -0.460 e. The van der Waals surface area contributed by atoms with E-state index in [2.05, 4.69) is 0 Å². The molecule has 1 aliphatic carbocycles. The van der Waals surface area contributed by atoms with E-state index in [4.69, 9.17) is 23.7 Å². The summed E-state index contributed by atoms with van der Waals surface area (Å²) in [6.07, 6.45) is 11.2. The average Bonchev–Trinajstić information content (AvgIpc) is 3.28. The van der Waals surface area contributed by atoms with E-state index in [-0.39, 0.29) is 54.8 Å². The predicted molar refractivity (Wildman–Crippen MR) is 245 cm³/mol. The normalized spacial score (nSPS) is 37.8. The van der Waals surface area contributed by atoms with Crippen molar-refractivity contribution in [3.8, 4) is 0 Å². The Labute approximate surface area is 387 Å². The number of hydrogen-bond acceptors (Lipinski definition) is 13. The summed E-state index contributed by atoms with van der Waals surface area (Å²) in [5, 5.41) is 33.8. The minimum absolute atomic E-state index is 0.0193. The van der Waals surface area contributed by atoms with E-state index >= 15 is 0 Å². The molecule has 3 fully saturated rings. The number of fused-ring (bicyclic) bond motifs is 3. The third kappa shape index (κ3) is 14.3. The van der Waals surface area contributed by atoms with Crippen LogP contribution in [0.5, 0.6) is 0 Å². The molecule has 1 saturated carbocycles. The Hall–Kier alpha value is -3.37. The zero-order valence-corrected chi connectivity index (χ0v) is 40.6. The number of rotatable bonds is 6. The van der Waals surface area contributed by atoms with Crippen molar-refractivity contribution in [1.29, 1.82) is 0 Å². The second kappa shape index (κ2) is 25.1. The highest BCUT2D eigenvalue weighted by molar-refractivity contribution is 6.39. The van der Waals surface area contributed by atoms with E-state index in [9.17, 15) is 39.3 Å². The molecule has 4 aliphatic rings. The summed E-state index contributed by atoms with van der Waals surface area (Å²) >= 11 is 0. The Morgan fingerprint density at radius 1 is 0.846 bits per heavy atom. The molecule has 0 spiro atoms. The second-order valence-corrected chi connectivity index (χ2v) is 19.6. The minimum atomic E-state index is -2.43. The number of aliphatic hydroxyl groups is 3. The number of cyclic esters (lactones) is 1. The van der Waals surface area contributed by atoms with Gasteiger partial charge in [-0.15, -0.1) is 0 Å². The third-order valence-electron chi connectivity index (χ3n) is 14.5. The fourth-order valence-corrected chi connectivity index (χ4v) is 10.1. The predicted octanol–water partition coefficient (Wildman–Crippen LogP) is 6.18. The molecular formula is C51H79NO13. The monoisotopic (exact) mass is 914 g/mol. The average molecular weight is 914 g/mol. The first kappa shape index (κ1) is 54.2. The number of esters is 1. The molecule has 2 bridgehead atoms.